The molecule has 1 amide bonds. The van der Waals surface area contributed by atoms with Gasteiger partial charge in [0.25, 0.3) is 5.91 Å². The Morgan fingerprint density at radius 2 is 2.14 bits per heavy atom. The van der Waals surface area contributed by atoms with Gasteiger partial charge in [-0.3, -0.25) is 4.79 Å². The van der Waals surface area contributed by atoms with Gasteiger partial charge in [0.2, 0.25) is 0 Å². The van der Waals surface area contributed by atoms with Crippen molar-refractivity contribution in [1.82, 2.24) is 19.9 Å². The zero-order chi connectivity index (χ0) is 15.2. The molecule has 21 heavy (non-hydrogen) atoms. The summed E-state index contributed by atoms with van der Waals surface area (Å²) >= 11 is 6.11. The fraction of sp³-hybridized carbons (Fsp3) is 0.400. The SMILES string of the molecule is CCCCN(C)C(=O)c1cn(Cc2ccccc2Cl)nn1. The smallest absolute Gasteiger partial charge is 0.275 e. The van der Waals surface area contributed by atoms with Crippen LogP contribution in [-0.4, -0.2) is 39.4 Å². The van der Waals surface area contributed by atoms with Crippen molar-refractivity contribution >= 4 is 17.5 Å². The maximum absolute atomic E-state index is 12.2. The summed E-state index contributed by atoms with van der Waals surface area (Å²) in [5.41, 5.74) is 1.31. The molecule has 1 aromatic carbocycles. The normalized spacial score (nSPS) is 10.6. The van der Waals surface area contributed by atoms with E-state index < -0.39 is 0 Å². The van der Waals surface area contributed by atoms with Gasteiger partial charge in [-0.25, -0.2) is 4.68 Å². The molecule has 0 bridgehead atoms. The van der Waals surface area contributed by atoms with Gasteiger partial charge in [0.15, 0.2) is 5.69 Å². The second-order valence-electron chi connectivity index (χ2n) is 4.97. The largest absolute Gasteiger partial charge is 0.340 e. The van der Waals surface area contributed by atoms with Crippen molar-refractivity contribution in [3.8, 4) is 0 Å². The quantitative estimate of drug-likeness (QED) is 0.824. The minimum atomic E-state index is -0.103. The number of unbranched alkanes of at least 4 members (excludes halogenated alkanes) is 1. The summed E-state index contributed by atoms with van der Waals surface area (Å²) in [6.07, 6.45) is 3.70. The van der Waals surface area contributed by atoms with Crippen molar-refractivity contribution in [3.05, 3.63) is 46.7 Å². The number of hydrogen-bond acceptors (Lipinski definition) is 3. The molecule has 2 aromatic rings. The lowest BCUT2D eigenvalue weighted by atomic mass is 10.2. The second kappa shape index (κ2) is 7.22. The lowest BCUT2D eigenvalue weighted by molar-refractivity contribution is 0.0787. The van der Waals surface area contributed by atoms with E-state index in [-0.39, 0.29) is 5.91 Å². The van der Waals surface area contributed by atoms with Crippen molar-refractivity contribution in [2.45, 2.75) is 26.3 Å². The van der Waals surface area contributed by atoms with E-state index in [0.717, 1.165) is 24.9 Å². The first kappa shape index (κ1) is 15.5. The highest BCUT2D eigenvalue weighted by atomic mass is 35.5. The summed E-state index contributed by atoms with van der Waals surface area (Å²) in [6.45, 7) is 3.32. The van der Waals surface area contributed by atoms with E-state index in [9.17, 15) is 4.79 Å². The van der Waals surface area contributed by atoms with E-state index in [1.807, 2.05) is 24.3 Å². The number of aromatic nitrogens is 3. The number of carbonyl (C=O) groups is 1. The van der Waals surface area contributed by atoms with Gasteiger partial charge in [0, 0.05) is 18.6 Å². The van der Waals surface area contributed by atoms with Crippen LogP contribution in [0.25, 0.3) is 0 Å². The molecule has 1 aromatic heterocycles. The minimum Gasteiger partial charge on any atom is -0.340 e. The number of rotatable bonds is 6. The van der Waals surface area contributed by atoms with Crippen LogP contribution in [0.1, 0.15) is 35.8 Å². The molecule has 0 saturated heterocycles. The summed E-state index contributed by atoms with van der Waals surface area (Å²) in [6, 6.07) is 7.56. The topological polar surface area (TPSA) is 51.0 Å². The molecule has 0 spiro atoms. The molecule has 1 heterocycles. The summed E-state index contributed by atoms with van der Waals surface area (Å²) in [5, 5.41) is 8.63. The lowest BCUT2D eigenvalue weighted by Crippen LogP contribution is -2.28. The molecule has 0 N–H and O–H groups in total. The Morgan fingerprint density at radius 3 is 2.86 bits per heavy atom. The summed E-state index contributed by atoms with van der Waals surface area (Å²) in [7, 11) is 1.78. The van der Waals surface area contributed by atoms with Gasteiger partial charge in [-0.15, -0.1) is 5.10 Å². The molecule has 0 radical (unpaired) electrons. The molecule has 0 aliphatic heterocycles. The van der Waals surface area contributed by atoms with Gasteiger partial charge in [0.1, 0.15) is 0 Å². The van der Waals surface area contributed by atoms with E-state index in [2.05, 4.69) is 17.2 Å². The standard InChI is InChI=1S/C15H19ClN4O/c1-3-4-9-19(2)15(21)14-11-20(18-17-14)10-12-7-5-6-8-13(12)16/h5-8,11H,3-4,9-10H2,1-2H3. The van der Waals surface area contributed by atoms with Crippen LogP contribution in [0.3, 0.4) is 0 Å². The summed E-state index contributed by atoms with van der Waals surface area (Å²) < 4.78 is 1.63. The molecule has 0 unspecified atom stereocenters. The maximum Gasteiger partial charge on any atom is 0.275 e. The number of benzene rings is 1. The van der Waals surface area contributed by atoms with Gasteiger partial charge in [-0.1, -0.05) is 48.4 Å². The van der Waals surface area contributed by atoms with Crippen LogP contribution >= 0.6 is 11.6 Å². The van der Waals surface area contributed by atoms with Gasteiger partial charge < -0.3 is 4.90 Å². The van der Waals surface area contributed by atoms with Crippen molar-refractivity contribution < 1.29 is 4.79 Å². The van der Waals surface area contributed by atoms with Gasteiger partial charge in [0.05, 0.1) is 12.7 Å². The zero-order valence-corrected chi connectivity index (χ0v) is 13.0. The van der Waals surface area contributed by atoms with E-state index >= 15 is 0 Å². The van der Waals surface area contributed by atoms with Crippen LogP contribution in [0.5, 0.6) is 0 Å². The van der Waals surface area contributed by atoms with Gasteiger partial charge in [-0.2, -0.15) is 0 Å². The van der Waals surface area contributed by atoms with Crippen LogP contribution < -0.4 is 0 Å². The van der Waals surface area contributed by atoms with Crippen LogP contribution in [-0.2, 0) is 6.54 Å². The van der Waals surface area contributed by atoms with Crippen LogP contribution in [0, 0.1) is 0 Å². The fourth-order valence-electron chi connectivity index (χ4n) is 1.97. The average molecular weight is 307 g/mol. The molecule has 6 heteroatoms. The van der Waals surface area contributed by atoms with Gasteiger partial charge in [-0.05, 0) is 18.1 Å². The average Bonchev–Trinajstić information content (AvgIpc) is 2.95. The third-order valence-electron chi connectivity index (χ3n) is 3.24. The second-order valence-corrected chi connectivity index (χ2v) is 5.38. The first-order valence-corrected chi connectivity index (χ1v) is 7.38. The number of halogens is 1. The number of nitrogens with zero attached hydrogens (tertiary/aromatic N) is 4. The molecule has 0 fully saturated rings. The maximum atomic E-state index is 12.2. The Bertz CT molecular complexity index is 611. The predicted molar refractivity (Wildman–Crippen MR) is 82.4 cm³/mol. The Labute approximate surface area is 129 Å². The first-order chi connectivity index (χ1) is 10.1. The van der Waals surface area contributed by atoms with Crippen LogP contribution in [0.15, 0.2) is 30.5 Å². The lowest BCUT2D eigenvalue weighted by Gasteiger charge is -2.14. The molecule has 0 saturated carbocycles. The van der Waals surface area contributed by atoms with Crippen molar-refractivity contribution in [2.24, 2.45) is 0 Å². The summed E-state index contributed by atoms with van der Waals surface area (Å²) in [5.74, 6) is -0.103. The number of amides is 1. The molecule has 5 nitrogen and oxygen atoms in total. The van der Waals surface area contributed by atoms with E-state index in [1.54, 1.807) is 22.8 Å². The van der Waals surface area contributed by atoms with Crippen molar-refractivity contribution in [3.63, 3.8) is 0 Å². The highest BCUT2D eigenvalue weighted by Crippen LogP contribution is 2.15. The Hall–Kier alpha value is -1.88. The van der Waals surface area contributed by atoms with Crippen molar-refractivity contribution in [1.29, 1.82) is 0 Å². The fourth-order valence-corrected chi connectivity index (χ4v) is 2.16. The summed E-state index contributed by atoms with van der Waals surface area (Å²) in [4.78, 5) is 13.8. The monoisotopic (exact) mass is 306 g/mol. The highest BCUT2D eigenvalue weighted by molar-refractivity contribution is 6.31. The molecule has 0 atom stereocenters. The Kier molecular flexibility index (Phi) is 5.33. The van der Waals surface area contributed by atoms with E-state index in [1.165, 1.54) is 0 Å². The number of carbonyl (C=O) groups excluding carboxylic acids is 1. The van der Waals surface area contributed by atoms with Gasteiger partial charge >= 0.3 is 0 Å². The third-order valence-corrected chi connectivity index (χ3v) is 3.61. The molecule has 0 aliphatic carbocycles. The molecule has 112 valence electrons. The third kappa shape index (κ3) is 4.04. The van der Waals surface area contributed by atoms with Crippen molar-refractivity contribution in [2.75, 3.05) is 13.6 Å². The predicted octanol–water partition coefficient (Wildman–Crippen LogP) is 2.85. The van der Waals surface area contributed by atoms with E-state index in [4.69, 9.17) is 11.6 Å². The first-order valence-electron chi connectivity index (χ1n) is 7.00. The number of hydrogen-bond donors (Lipinski definition) is 0. The molecular formula is C15H19ClN4O. The molecule has 0 aliphatic rings. The van der Waals surface area contributed by atoms with E-state index in [0.29, 0.717) is 17.3 Å². The minimum absolute atomic E-state index is 0.103. The van der Waals surface area contributed by atoms with Crippen LogP contribution in [0.4, 0.5) is 0 Å². The Morgan fingerprint density at radius 1 is 1.38 bits per heavy atom. The molecule has 2 rings (SSSR count). The highest BCUT2D eigenvalue weighted by Gasteiger charge is 2.15. The molecular weight excluding hydrogens is 288 g/mol. The Balaban J connectivity index is 2.04. The zero-order valence-electron chi connectivity index (χ0n) is 12.3. The van der Waals surface area contributed by atoms with Crippen LogP contribution in [0.2, 0.25) is 5.02 Å².